The molecule has 0 saturated carbocycles. The summed E-state index contributed by atoms with van der Waals surface area (Å²) in [5, 5.41) is 2.63. The topological polar surface area (TPSA) is 58.2 Å². The maximum Gasteiger partial charge on any atom is 0.420 e. The number of carbonyl (C=O) groups is 2. The van der Waals surface area contributed by atoms with E-state index in [0.717, 1.165) is 6.07 Å². The molecule has 0 atom stereocenters. The molecule has 2 rings (SSSR count). The Bertz CT molecular complexity index is 868. The first-order valence-electron chi connectivity index (χ1n) is 6.64. The minimum absolute atomic E-state index is 0.0398. The molecule has 0 fully saturated rings. The highest BCUT2D eigenvalue weighted by Crippen LogP contribution is 2.40. The molecule has 2 aromatic carbocycles. The van der Waals surface area contributed by atoms with E-state index in [1.807, 2.05) is 10.6 Å². The van der Waals surface area contributed by atoms with Crippen molar-refractivity contribution in [3.63, 3.8) is 0 Å². The highest BCUT2D eigenvalue weighted by molar-refractivity contribution is 6.40. The Hall–Kier alpha value is -2.03. The normalized spacial score (nSPS) is 11.2. The Morgan fingerprint density at radius 3 is 2.08 bits per heavy atom. The van der Waals surface area contributed by atoms with Gasteiger partial charge in [0.2, 0.25) is 0 Å². The fourth-order valence-electron chi connectivity index (χ4n) is 1.94. The zero-order chi connectivity index (χ0) is 19.6. The molecule has 0 aliphatic carbocycles. The molecule has 0 aliphatic rings. The van der Waals surface area contributed by atoms with Gasteiger partial charge in [0.1, 0.15) is 11.4 Å². The Kier molecular flexibility index (Phi) is 6.00. The third-order valence-electron chi connectivity index (χ3n) is 3.04. The SMILES string of the molecule is O=C(NC(=O)c1c(Cl)cccc1Cl)Nc1ccc(F)c(C(F)(F)F)c1Cl. The van der Waals surface area contributed by atoms with Crippen molar-refractivity contribution in [2.75, 3.05) is 5.32 Å². The Morgan fingerprint density at radius 2 is 1.54 bits per heavy atom. The van der Waals surface area contributed by atoms with E-state index in [0.29, 0.717) is 6.07 Å². The largest absolute Gasteiger partial charge is 0.420 e. The summed E-state index contributed by atoms with van der Waals surface area (Å²) in [6.07, 6.45) is -5.07. The van der Waals surface area contributed by atoms with E-state index in [4.69, 9.17) is 34.8 Å². The van der Waals surface area contributed by atoms with E-state index in [9.17, 15) is 27.2 Å². The average molecular weight is 430 g/mol. The molecule has 3 amide bonds. The Morgan fingerprint density at radius 1 is 0.962 bits per heavy atom. The number of rotatable bonds is 2. The standard InChI is InChI=1S/C15H7Cl3F4N2O2/c16-6-2-1-3-7(17)10(6)13(25)24-14(26)23-9-5-4-8(19)11(12(9)18)15(20,21)22/h1-5H,(H2,23,24,25,26). The molecule has 0 heterocycles. The molecule has 0 aliphatic heterocycles. The molecule has 2 N–H and O–H groups in total. The lowest BCUT2D eigenvalue weighted by Crippen LogP contribution is -2.34. The van der Waals surface area contributed by atoms with E-state index in [1.54, 1.807) is 0 Å². The van der Waals surface area contributed by atoms with E-state index in [1.165, 1.54) is 18.2 Å². The van der Waals surface area contributed by atoms with Crippen molar-refractivity contribution in [3.8, 4) is 0 Å². The predicted molar refractivity (Wildman–Crippen MR) is 89.4 cm³/mol. The van der Waals surface area contributed by atoms with Crippen LogP contribution >= 0.6 is 34.8 Å². The molecule has 4 nitrogen and oxygen atoms in total. The van der Waals surface area contributed by atoms with Gasteiger partial charge in [0.15, 0.2) is 0 Å². The zero-order valence-corrected chi connectivity index (χ0v) is 14.6. The van der Waals surface area contributed by atoms with Gasteiger partial charge >= 0.3 is 12.2 Å². The number of carbonyl (C=O) groups excluding carboxylic acids is 2. The monoisotopic (exact) mass is 428 g/mol. The van der Waals surface area contributed by atoms with Crippen LogP contribution < -0.4 is 10.6 Å². The summed E-state index contributed by atoms with van der Waals surface area (Å²) in [5.74, 6) is -2.60. The number of amides is 3. The second kappa shape index (κ2) is 7.69. The summed E-state index contributed by atoms with van der Waals surface area (Å²) in [5.41, 5.74) is -2.49. The fraction of sp³-hybridized carbons (Fsp3) is 0.0667. The maximum atomic E-state index is 13.4. The van der Waals surface area contributed by atoms with Gasteiger partial charge in [0, 0.05) is 0 Å². The smallest absolute Gasteiger partial charge is 0.306 e. The van der Waals surface area contributed by atoms with Gasteiger partial charge in [-0.05, 0) is 24.3 Å². The van der Waals surface area contributed by atoms with E-state index >= 15 is 0 Å². The van der Waals surface area contributed by atoms with E-state index in [2.05, 4.69) is 0 Å². The number of alkyl halides is 3. The molecule has 0 saturated heterocycles. The van der Waals surface area contributed by atoms with Crippen LogP contribution in [0.5, 0.6) is 0 Å². The van der Waals surface area contributed by atoms with Crippen molar-refractivity contribution in [2.24, 2.45) is 0 Å². The van der Waals surface area contributed by atoms with Crippen molar-refractivity contribution in [1.82, 2.24) is 5.32 Å². The van der Waals surface area contributed by atoms with Gasteiger partial charge in [-0.1, -0.05) is 40.9 Å². The first kappa shape index (κ1) is 20.3. The van der Waals surface area contributed by atoms with Crippen LogP contribution in [-0.4, -0.2) is 11.9 Å². The van der Waals surface area contributed by atoms with Crippen LogP contribution in [0.1, 0.15) is 15.9 Å². The summed E-state index contributed by atoms with van der Waals surface area (Å²) in [4.78, 5) is 23.9. The lowest BCUT2D eigenvalue weighted by atomic mass is 10.1. The molecule has 0 bridgehead atoms. The Balaban J connectivity index is 2.22. The van der Waals surface area contributed by atoms with Gasteiger partial charge in [-0.15, -0.1) is 0 Å². The lowest BCUT2D eigenvalue weighted by Gasteiger charge is -2.14. The molecule has 0 unspecified atom stereocenters. The van der Waals surface area contributed by atoms with Gasteiger partial charge in [-0.3, -0.25) is 10.1 Å². The molecule has 0 aromatic heterocycles. The average Bonchev–Trinajstić information content (AvgIpc) is 2.48. The van der Waals surface area contributed by atoms with Crippen molar-refractivity contribution >= 4 is 52.4 Å². The molecule has 0 radical (unpaired) electrons. The molecule has 138 valence electrons. The number of imide groups is 1. The number of urea groups is 1. The van der Waals surface area contributed by atoms with Crippen molar-refractivity contribution in [3.05, 3.63) is 62.3 Å². The summed E-state index contributed by atoms with van der Waals surface area (Å²) >= 11 is 17.2. The lowest BCUT2D eigenvalue weighted by molar-refractivity contribution is -0.139. The first-order chi connectivity index (χ1) is 12.0. The molecule has 26 heavy (non-hydrogen) atoms. The van der Waals surface area contributed by atoms with Crippen LogP contribution in [0.4, 0.5) is 28.0 Å². The van der Waals surface area contributed by atoms with Crippen molar-refractivity contribution < 1.29 is 27.2 Å². The second-order valence-electron chi connectivity index (χ2n) is 4.79. The fourth-order valence-corrected chi connectivity index (χ4v) is 2.82. The van der Waals surface area contributed by atoms with E-state index < -0.39 is 40.2 Å². The number of anilines is 1. The summed E-state index contributed by atoms with van der Waals surface area (Å²) in [6.45, 7) is 0. The zero-order valence-electron chi connectivity index (χ0n) is 12.3. The molecular weight excluding hydrogens is 423 g/mol. The number of benzene rings is 2. The van der Waals surface area contributed by atoms with Gasteiger partial charge in [0.05, 0.1) is 26.3 Å². The van der Waals surface area contributed by atoms with Gasteiger partial charge in [0.25, 0.3) is 5.91 Å². The minimum Gasteiger partial charge on any atom is -0.306 e. The summed E-state index contributed by atoms with van der Waals surface area (Å²) < 4.78 is 51.8. The predicted octanol–water partition coefficient (Wildman–Crippen LogP) is 5.77. The van der Waals surface area contributed by atoms with Gasteiger partial charge in [-0.25, -0.2) is 9.18 Å². The van der Waals surface area contributed by atoms with Gasteiger partial charge in [-0.2, -0.15) is 13.2 Å². The molecule has 0 spiro atoms. The van der Waals surface area contributed by atoms with Crippen LogP contribution in [0.25, 0.3) is 0 Å². The third kappa shape index (κ3) is 4.38. The highest BCUT2D eigenvalue weighted by Gasteiger charge is 2.38. The number of nitrogens with one attached hydrogen (secondary N) is 2. The number of hydrogen-bond donors (Lipinski definition) is 2. The number of hydrogen-bond acceptors (Lipinski definition) is 2. The minimum atomic E-state index is -5.07. The summed E-state index contributed by atoms with van der Waals surface area (Å²) in [7, 11) is 0. The Labute approximate surface area is 159 Å². The van der Waals surface area contributed by atoms with Crippen LogP contribution in [0.2, 0.25) is 15.1 Å². The van der Waals surface area contributed by atoms with Crippen LogP contribution in [0, 0.1) is 5.82 Å². The first-order valence-corrected chi connectivity index (χ1v) is 7.77. The highest BCUT2D eigenvalue weighted by atomic mass is 35.5. The quantitative estimate of drug-likeness (QED) is 0.596. The van der Waals surface area contributed by atoms with Gasteiger partial charge < -0.3 is 5.32 Å². The maximum absolute atomic E-state index is 13.4. The molecular formula is C15H7Cl3F4N2O2. The van der Waals surface area contributed by atoms with Crippen molar-refractivity contribution in [1.29, 1.82) is 0 Å². The van der Waals surface area contributed by atoms with Crippen LogP contribution in [0.3, 0.4) is 0 Å². The summed E-state index contributed by atoms with van der Waals surface area (Å²) in [6, 6.07) is 4.27. The van der Waals surface area contributed by atoms with Crippen LogP contribution in [-0.2, 0) is 6.18 Å². The van der Waals surface area contributed by atoms with Crippen molar-refractivity contribution in [2.45, 2.75) is 6.18 Å². The second-order valence-corrected chi connectivity index (χ2v) is 5.98. The van der Waals surface area contributed by atoms with E-state index in [-0.39, 0.29) is 15.6 Å². The molecule has 2 aromatic rings. The van der Waals surface area contributed by atoms with Crippen LogP contribution in [0.15, 0.2) is 30.3 Å². The number of halogens is 7. The third-order valence-corrected chi connectivity index (χ3v) is 4.06. The molecule has 11 heteroatoms.